The Morgan fingerprint density at radius 1 is 1.50 bits per heavy atom. The molecule has 1 aliphatic rings. The number of hydrogen-bond acceptors (Lipinski definition) is 1. The number of carbonyl (C=O) groups excluding carboxylic acids is 1. The summed E-state index contributed by atoms with van der Waals surface area (Å²) in [7, 11) is 0. The number of rotatable bonds is 0. The monoisotopic (exact) mass is 180 g/mol. The standard InChI is InChI=1S/C10H9ClO/c1-6-5-9(12)7-3-2-4-8(11)10(6)7/h2-4,6H,5H2,1H3. The molecule has 1 aliphatic carbocycles. The van der Waals surface area contributed by atoms with Gasteiger partial charge in [-0.2, -0.15) is 0 Å². The minimum atomic E-state index is 0.222. The molecule has 2 heteroatoms. The molecule has 2 rings (SSSR count). The Balaban J connectivity index is 2.67. The zero-order chi connectivity index (χ0) is 8.72. The summed E-state index contributed by atoms with van der Waals surface area (Å²) >= 11 is 5.98. The number of benzene rings is 1. The van der Waals surface area contributed by atoms with E-state index in [1.807, 2.05) is 25.1 Å². The first-order valence-electron chi connectivity index (χ1n) is 4.01. The number of fused-ring (bicyclic) bond motifs is 1. The zero-order valence-corrected chi connectivity index (χ0v) is 7.56. The van der Waals surface area contributed by atoms with Crippen molar-refractivity contribution >= 4 is 17.4 Å². The first kappa shape index (κ1) is 7.81. The Hall–Kier alpha value is -0.820. The third-order valence-electron chi connectivity index (χ3n) is 2.34. The lowest BCUT2D eigenvalue weighted by molar-refractivity contribution is 0.0990. The van der Waals surface area contributed by atoms with Crippen molar-refractivity contribution in [3.05, 3.63) is 34.3 Å². The lowest BCUT2D eigenvalue weighted by Crippen LogP contribution is -1.89. The summed E-state index contributed by atoms with van der Waals surface area (Å²) in [4.78, 5) is 11.4. The van der Waals surface area contributed by atoms with Gasteiger partial charge in [-0.15, -0.1) is 0 Å². The average Bonchev–Trinajstić information content (AvgIpc) is 2.29. The smallest absolute Gasteiger partial charge is 0.163 e. The van der Waals surface area contributed by atoms with E-state index in [4.69, 9.17) is 11.6 Å². The van der Waals surface area contributed by atoms with Gasteiger partial charge in [-0.25, -0.2) is 0 Å². The highest BCUT2D eigenvalue weighted by atomic mass is 35.5. The summed E-state index contributed by atoms with van der Waals surface area (Å²) in [6.45, 7) is 2.04. The van der Waals surface area contributed by atoms with Crippen molar-refractivity contribution in [2.75, 3.05) is 0 Å². The maximum Gasteiger partial charge on any atom is 0.163 e. The second-order valence-corrected chi connectivity index (χ2v) is 3.64. The number of halogens is 1. The summed E-state index contributed by atoms with van der Waals surface area (Å²) in [6, 6.07) is 5.53. The average molecular weight is 181 g/mol. The van der Waals surface area contributed by atoms with Crippen molar-refractivity contribution in [1.29, 1.82) is 0 Å². The van der Waals surface area contributed by atoms with Gasteiger partial charge in [0, 0.05) is 17.0 Å². The molecule has 62 valence electrons. The van der Waals surface area contributed by atoms with Crippen LogP contribution in [0.3, 0.4) is 0 Å². The second kappa shape index (κ2) is 2.60. The van der Waals surface area contributed by atoms with E-state index < -0.39 is 0 Å². The van der Waals surface area contributed by atoms with Gasteiger partial charge in [0.05, 0.1) is 0 Å². The van der Waals surface area contributed by atoms with Crippen LogP contribution in [0.5, 0.6) is 0 Å². The number of Topliss-reactive ketones (excluding diaryl/α,β-unsaturated/α-hetero) is 1. The summed E-state index contributed by atoms with van der Waals surface area (Å²) in [5.74, 6) is 0.515. The molecular formula is C10H9ClO. The Bertz CT molecular complexity index is 344. The normalized spacial score (nSPS) is 21.2. The van der Waals surface area contributed by atoms with Crippen LogP contribution in [0.2, 0.25) is 5.02 Å². The molecule has 1 unspecified atom stereocenters. The first-order valence-corrected chi connectivity index (χ1v) is 4.39. The number of hydrogen-bond donors (Lipinski definition) is 0. The molecule has 0 amide bonds. The predicted molar refractivity (Wildman–Crippen MR) is 48.8 cm³/mol. The van der Waals surface area contributed by atoms with Crippen LogP contribution in [0.15, 0.2) is 18.2 Å². The Kier molecular flexibility index (Phi) is 1.69. The van der Waals surface area contributed by atoms with Crippen LogP contribution in [0.1, 0.15) is 35.2 Å². The number of carbonyl (C=O) groups is 1. The largest absolute Gasteiger partial charge is 0.294 e. The molecule has 1 atom stereocenters. The van der Waals surface area contributed by atoms with Crippen molar-refractivity contribution in [3.8, 4) is 0 Å². The Morgan fingerprint density at radius 3 is 2.92 bits per heavy atom. The Morgan fingerprint density at radius 2 is 2.25 bits per heavy atom. The SMILES string of the molecule is CC1CC(=O)c2cccc(Cl)c21. The molecule has 0 bridgehead atoms. The highest BCUT2D eigenvalue weighted by molar-refractivity contribution is 6.32. The van der Waals surface area contributed by atoms with E-state index in [1.165, 1.54) is 0 Å². The first-order chi connectivity index (χ1) is 5.70. The topological polar surface area (TPSA) is 17.1 Å². The van der Waals surface area contributed by atoms with E-state index in [0.717, 1.165) is 16.1 Å². The summed E-state index contributed by atoms with van der Waals surface area (Å²) < 4.78 is 0. The van der Waals surface area contributed by atoms with Crippen LogP contribution < -0.4 is 0 Å². The zero-order valence-electron chi connectivity index (χ0n) is 6.80. The lowest BCUT2D eigenvalue weighted by Gasteiger charge is -2.04. The molecule has 0 saturated carbocycles. The van der Waals surface area contributed by atoms with Crippen LogP contribution in [0.4, 0.5) is 0 Å². The van der Waals surface area contributed by atoms with Crippen LogP contribution >= 0.6 is 11.6 Å². The molecule has 0 N–H and O–H groups in total. The summed E-state index contributed by atoms with van der Waals surface area (Å²) in [5.41, 5.74) is 1.85. The third-order valence-corrected chi connectivity index (χ3v) is 2.67. The molecule has 0 aliphatic heterocycles. The van der Waals surface area contributed by atoms with Gasteiger partial charge in [-0.1, -0.05) is 30.7 Å². The van der Waals surface area contributed by atoms with Crippen molar-refractivity contribution in [2.45, 2.75) is 19.3 Å². The van der Waals surface area contributed by atoms with Gasteiger partial charge in [-0.3, -0.25) is 4.79 Å². The fraction of sp³-hybridized carbons (Fsp3) is 0.300. The third kappa shape index (κ3) is 0.969. The molecule has 0 aromatic heterocycles. The van der Waals surface area contributed by atoms with Gasteiger partial charge < -0.3 is 0 Å². The van der Waals surface area contributed by atoms with Crippen molar-refractivity contribution in [1.82, 2.24) is 0 Å². The highest BCUT2D eigenvalue weighted by Crippen LogP contribution is 2.37. The molecule has 0 spiro atoms. The second-order valence-electron chi connectivity index (χ2n) is 3.23. The van der Waals surface area contributed by atoms with E-state index in [9.17, 15) is 4.79 Å². The van der Waals surface area contributed by atoms with Crippen LogP contribution in [0, 0.1) is 0 Å². The van der Waals surface area contributed by atoms with Gasteiger partial charge in [0.1, 0.15) is 0 Å². The fourth-order valence-corrected chi connectivity index (χ4v) is 2.13. The summed E-state index contributed by atoms with van der Waals surface area (Å²) in [6.07, 6.45) is 0.610. The molecular weight excluding hydrogens is 172 g/mol. The molecule has 12 heavy (non-hydrogen) atoms. The van der Waals surface area contributed by atoms with Crippen LogP contribution in [-0.4, -0.2) is 5.78 Å². The van der Waals surface area contributed by atoms with E-state index >= 15 is 0 Å². The van der Waals surface area contributed by atoms with Gasteiger partial charge in [-0.05, 0) is 17.5 Å². The Labute approximate surface area is 76.4 Å². The van der Waals surface area contributed by atoms with Crippen molar-refractivity contribution < 1.29 is 4.79 Å². The predicted octanol–water partition coefficient (Wildman–Crippen LogP) is 3.03. The van der Waals surface area contributed by atoms with E-state index in [2.05, 4.69) is 0 Å². The molecule has 0 heterocycles. The van der Waals surface area contributed by atoms with Gasteiger partial charge in [0.25, 0.3) is 0 Å². The molecule has 0 fully saturated rings. The number of ketones is 1. The van der Waals surface area contributed by atoms with E-state index in [0.29, 0.717) is 12.3 Å². The van der Waals surface area contributed by atoms with Crippen molar-refractivity contribution in [2.24, 2.45) is 0 Å². The van der Waals surface area contributed by atoms with Gasteiger partial charge in [0.15, 0.2) is 5.78 Å². The van der Waals surface area contributed by atoms with Crippen molar-refractivity contribution in [3.63, 3.8) is 0 Å². The van der Waals surface area contributed by atoms with Crippen LogP contribution in [0.25, 0.3) is 0 Å². The fourth-order valence-electron chi connectivity index (χ4n) is 1.77. The molecule has 1 aromatic carbocycles. The minimum absolute atomic E-state index is 0.222. The summed E-state index contributed by atoms with van der Waals surface area (Å²) in [5, 5.41) is 0.728. The molecule has 0 saturated heterocycles. The highest BCUT2D eigenvalue weighted by Gasteiger charge is 2.27. The van der Waals surface area contributed by atoms with E-state index in [-0.39, 0.29) is 5.78 Å². The minimum Gasteiger partial charge on any atom is -0.294 e. The van der Waals surface area contributed by atoms with Gasteiger partial charge >= 0.3 is 0 Å². The van der Waals surface area contributed by atoms with Crippen LogP contribution in [-0.2, 0) is 0 Å². The van der Waals surface area contributed by atoms with Gasteiger partial charge in [0.2, 0.25) is 0 Å². The molecule has 1 aromatic rings. The quantitative estimate of drug-likeness (QED) is 0.600. The molecule has 1 nitrogen and oxygen atoms in total. The lowest BCUT2D eigenvalue weighted by atomic mass is 10.0. The maximum atomic E-state index is 11.4. The van der Waals surface area contributed by atoms with E-state index in [1.54, 1.807) is 0 Å². The maximum absolute atomic E-state index is 11.4. The molecule has 0 radical (unpaired) electrons.